The van der Waals surface area contributed by atoms with E-state index in [9.17, 15) is 14.7 Å². The summed E-state index contributed by atoms with van der Waals surface area (Å²) in [5, 5.41) is 11.8. The summed E-state index contributed by atoms with van der Waals surface area (Å²) in [5.41, 5.74) is -0.594. The van der Waals surface area contributed by atoms with Gasteiger partial charge >= 0.3 is 0 Å². The summed E-state index contributed by atoms with van der Waals surface area (Å²) >= 11 is 1.19. The second kappa shape index (κ2) is 5.87. The summed E-state index contributed by atoms with van der Waals surface area (Å²) in [6.45, 7) is 3.51. The Kier molecular flexibility index (Phi) is 4.18. The third kappa shape index (κ3) is 3.26. The van der Waals surface area contributed by atoms with Crippen LogP contribution in [0.25, 0.3) is 0 Å². The highest BCUT2D eigenvalue weighted by molar-refractivity contribution is 7.11. The zero-order chi connectivity index (χ0) is 16.8. The van der Waals surface area contributed by atoms with Gasteiger partial charge in [-0.25, -0.2) is 4.98 Å². The van der Waals surface area contributed by atoms with Crippen LogP contribution in [0.1, 0.15) is 59.8 Å². The Morgan fingerprint density at radius 1 is 1.35 bits per heavy atom. The number of amides is 2. The van der Waals surface area contributed by atoms with E-state index in [4.69, 9.17) is 0 Å². The van der Waals surface area contributed by atoms with Crippen molar-refractivity contribution in [2.24, 2.45) is 0 Å². The molecule has 0 aromatic carbocycles. The Hall–Kier alpha value is -1.47. The number of rotatable bonds is 4. The lowest BCUT2D eigenvalue weighted by Crippen LogP contribution is -2.39. The minimum atomic E-state index is -0.963. The van der Waals surface area contributed by atoms with E-state index in [0.717, 1.165) is 25.7 Å². The van der Waals surface area contributed by atoms with Crippen LogP contribution in [-0.2, 0) is 0 Å². The van der Waals surface area contributed by atoms with Crippen LogP contribution in [0.2, 0.25) is 0 Å². The van der Waals surface area contributed by atoms with E-state index in [1.165, 1.54) is 16.2 Å². The molecule has 1 aromatic rings. The van der Waals surface area contributed by atoms with Gasteiger partial charge in [-0.2, -0.15) is 0 Å². The monoisotopic (exact) mass is 337 g/mol. The molecular weight excluding hydrogens is 314 g/mol. The third-order valence-electron chi connectivity index (χ3n) is 4.56. The molecule has 2 saturated heterocycles. The van der Waals surface area contributed by atoms with Crippen molar-refractivity contribution in [1.82, 2.24) is 14.8 Å². The third-order valence-corrected chi connectivity index (χ3v) is 5.39. The topological polar surface area (TPSA) is 73.7 Å². The second-order valence-electron chi connectivity index (χ2n) is 7.19. The number of aromatic nitrogens is 1. The van der Waals surface area contributed by atoms with Gasteiger partial charge in [0.15, 0.2) is 5.01 Å². The number of likely N-dealkylation sites (N-methyl/N-ethyl adjacent to an activating group) is 1. The predicted octanol–water partition coefficient (Wildman–Crippen LogP) is 1.75. The summed E-state index contributed by atoms with van der Waals surface area (Å²) < 4.78 is 0. The Bertz CT molecular complexity index is 602. The number of carbonyl (C=O) groups is 2. The first-order chi connectivity index (χ1) is 10.8. The van der Waals surface area contributed by atoms with E-state index in [-0.39, 0.29) is 18.4 Å². The number of nitrogens with zero attached hydrogens (tertiary/aromatic N) is 3. The molecule has 7 heteroatoms. The lowest BCUT2D eigenvalue weighted by Gasteiger charge is -2.24. The van der Waals surface area contributed by atoms with Crippen molar-refractivity contribution in [3.63, 3.8) is 0 Å². The van der Waals surface area contributed by atoms with Gasteiger partial charge in [0.2, 0.25) is 0 Å². The molecular formula is C16H23N3O3S. The molecule has 126 valence electrons. The highest BCUT2D eigenvalue weighted by Gasteiger charge is 2.43. The maximum absolute atomic E-state index is 12.6. The van der Waals surface area contributed by atoms with Crippen LogP contribution in [-0.4, -0.2) is 63.0 Å². The smallest absolute Gasteiger partial charge is 0.282 e. The van der Waals surface area contributed by atoms with Crippen LogP contribution in [0, 0.1) is 0 Å². The van der Waals surface area contributed by atoms with Crippen molar-refractivity contribution in [3.05, 3.63) is 16.1 Å². The summed E-state index contributed by atoms with van der Waals surface area (Å²) in [5.74, 6) is -0.309. The minimum Gasteiger partial charge on any atom is -0.389 e. The van der Waals surface area contributed by atoms with Crippen LogP contribution in [0.15, 0.2) is 5.38 Å². The van der Waals surface area contributed by atoms with Crippen LogP contribution in [0.4, 0.5) is 0 Å². The molecule has 2 bridgehead atoms. The highest BCUT2D eigenvalue weighted by Crippen LogP contribution is 2.38. The maximum atomic E-state index is 12.6. The van der Waals surface area contributed by atoms with Gasteiger partial charge in [0.1, 0.15) is 5.69 Å². The minimum absolute atomic E-state index is 0.0459. The molecule has 1 aromatic heterocycles. The second-order valence-corrected chi connectivity index (χ2v) is 8.04. The molecule has 0 unspecified atom stereocenters. The fourth-order valence-electron chi connectivity index (χ4n) is 3.66. The first kappa shape index (κ1) is 16.4. The van der Waals surface area contributed by atoms with Gasteiger partial charge in [0, 0.05) is 31.1 Å². The van der Waals surface area contributed by atoms with E-state index in [1.807, 2.05) is 4.90 Å². The number of fused-ring (bicyclic) bond motifs is 2. The molecule has 3 rings (SSSR count). The summed E-state index contributed by atoms with van der Waals surface area (Å²) in [7, 11) is 1.63. The number of carbonyl (C=O) groups excluding carboxylic acids is 2. The maximum Gasteiger partial charge on any atom is 0.282 e. The molecule has 0 saturated carbocycles. The Morgan fingerprint density at radius 2 is 1.91 bits per heavy atom. The van der Waals surface area contributed by atoms with Gasteiger partial charge in [-0.05, 0) is 39.5 Å². The van der Waals surface area contributed by atoms with E-state index in [2.05, 4.69) is 4.98 Å². The molecule has 0 atom stereocenters. The van der Waals surface area contributed by atoms with Crippen molar-refractivity contribution in [3.8, 4) is 0 Å². The molecule has 3 heterocycles. The number of hydrogen-bond acceptors (Lipinski definition) is 5. The van der Waals surface area contributed by atoms with Crippen molar-refractivity contribution >= 4 is 23.2 Å². The molecule has 2 aliphatic rings. The molecule has 23 heavy (non-hydrogen) atoms. The van der Waals surface area contributed by atoms with E-state index in [0.29, 0.717) is 22.8 Å². The van der Waals surface area contributed by atoms with E-state index in [1.54, 1.807) is 26.3 Å². The van der Waals surface area contributed by atoms with Crippen LogP contribution < -0.4 is 0 Å². The number of thiazole rings is 1. The summed E-state index contributed by atoms with van der Waals surface area (Å²) in [6, 6.07) is 0.706. The van der Waals surface area contributed by atoms with Gasteiger partial charge in [0.25, 0.3) is 11.8 Å². The molecule has 2 amide bonds. The molecule has 0 aliphatic carbocycles. The van der Waals surface area contributed by atoms with Crippen molar-refractivity contribution < 1.29 is 14.7 Å². The molecule has 0 spiro atoms. The van der Waals surface area contributed by atoms with Crippen LogP contribution in [0.5, 0.6) is 0 Å². The largest absolute Gasteiger partial charge is 0.389 e. The Morgan fingerprint density at radius 3 is 2.43 bits per heavy atom. The predicted molar refractivity (Wildman–Crippen MR) is 87.6 cm³/mol. The average molecular weight is 337 g/mol. The lowest BCUT2D eigenvalue weighted by atomic mass is 10.0. The van der Waals surface area contributed by atoms with Crippen LogP contribution >= 0.6 is 11.3 Å². The van der Waals surface area contributed by atoms with Gasteiger partial charge in [-0.1, -0.05) is 0 Å². The molecule has 1 N–H and O–H groups in total. The van der Waals surface area contributed by atoms with Crippen molar-refractivity contribution in [2.75, 3.05) is 13.6 Å². The Labute approximate surface area is 140 Å². The molecule has 2 fully saturated rings. The van der Waals surface area contributed by atoms with Crippen molar-refractivity contribution in [2.45, 2.75) is 57.2 Å². The lowest BCUT2D eigenvalue weighted by molar-refractivity contribution is 0.0367. The van der Waals surface area contributed by atoms with E-state index >= 15 is 0 Å². The quantitative estimate of drug-likeness (QED) is 0.908. The van der Waals surface area contributed by atoms with Gasteiger partial charge in [-0.15, -0.1) is 11.3 Å². The summed E-state index contributed by atoms with van der Waals surface area (Å²) in [4.78, 5) is 32.7. The number of hydrogen-bond donors (Lipinski definition) is 1. The normalized spacial score (nSPS) is 23.4. The van der Waals surface area contributed by atoms with Gasteiger partial charge in [0.05, 0.1) is 5.60 Å². The molecule has 6 nitrogen and oxygen atoms in total. The standard InChI is InChI=1S/C16H23N3O3S/c1-16(2,22)9-18(3)15(21)13-17-12(8-23-13)14(20)19-10-4-5-11(19)7-6-10/h8,10-11,22H,4-7,9H2,1-3H3. The Balaban J connectivity index is 1.70. The number of aliphatic hydroxyl groups is 1. The zero-order valence-corrected chi connectivity index (χ0v) is 14.6. The fraction of sp³-hybridized carbons (Fsp3) is 0.688. The molecule has 2 aliphatic heterocycles. The summed E-state index contributed by atoms with van der Waals surface area (Å²) in [6.07, 6.45) is 4.34. The zero-order valence-electron chi connectivity index (χ0n) is 13.8. The van der Waals surface area contributed by atoms with Crippen molar-refractivity contribution in [1.29, 1.82) is 0 Å². The van der Waals surface area contributed by atoms with Gasteiger partial charge < -0.3 is 14.9 Å². The fourth-order valence-corrected chi connectivity index (χ4v) is 4.45. The van der Waals surface area contributed by atoms with Gasteiger partial charge in [-0.3, -0.25) is 9.59 Å². The first-order valence-electron chi connectivity index (χ1n) is 8.02. The SMILES string of the molecule is CN(CC(C)(C)O)C(=O)c1nc(C(=O)N2C3CCC2CC3)cs1. The van der Waals surface area contributed by atoms with Crippen LogP contribution in [0.3, 0.4) is 0 Å². The average Bonchev–Trinajstić information content (AvgIpc) is 3.19. The van der Waals surface area contributed by atoms with E-state index < -0.39 is 5.60 Å². The first-order valence-corrected chi connectivity index (χ1v) is 8.90. The highest BCUT2D eigenvalue weighted by atomic mass is 32.1. The molecule has 0 radical (unpaired) electrons.